The van der Waals surface area contributed by atoms with Crippen LogP contribution in [0.1, 0.15) is 40.2 Å². The van der Waals surface area contributed by atoms with E-state index in [2.05, 4.69) is 28.6 Å². The first-order valence-electron chi connectivity index (χ1n) is 12.4. The number of aromatic nitrogens is 2. The number of hydrogen-bond acceptors (Lipinski definition) is 6. The van der Waals surface area contributed by atoms with Gasteiger partial charge in [0.1, 0.15) is 17.5 Å². The fourth-order valence-corrected chi connectivity index (χ4v) is 7.09. The summed E-state index contributed by atoms with van der Waals surface area (Å²) in [6.07, 6.45) is 6.15. The minimum Gasteiger partial charge on any atom is -0.355 e. The monoisotopic (exact) mass is 527 g/mol. The Morgan fingerprint density at radius 3 is 2.78 bits per heavy atom. The van der Waals surface area contributed by atoms with E-state index in [4.69, 9.17) is 16.6 Å². The lowest BCUT2D eigenvalue weighted by Crippen LogP contribution is -2.59. The second-order valence-corrected chi connectivity index (χ2v) is 11.4. The maximum absolute atomic E-state index is 12.0. The second-order valence-electron chi connectivity index (χ2n) is 10.1. The molecule has 0 saturated carbocycles. The average Bonchev–Trinajstić information content (AvgIpc) is 3.53. The number of allylic oxidation sites excluding steroid dienone is 1. The van der Waals surface area contributed by atoms with E-state index < -0.39 is 0 Å². The predicted molar refractivity (Wildman–Crippen MR) is 148 cm³/mol. The summed E-state index contributed by atoms with van der Waals surface area (Å²) in [7, 11) is 0. The normalized spacial score (nSPS) is 17.7. The number of benzene rings is 1. The third-order valence-corrected chi connectivity index (χ3v) is 9.17. The SMILES string of the molecule is C=CC(=O)N1CC2(CCN(c3nc4c(c(-c5ccccc5Cl)c3C#N)CCC(c3scnc3C)=C4)C2)C1. The number of carbonyl (C=O) groups excluding carboxylic acids is 1. The van der Waals surface area contributed by atoms with Crippen molar-refractivity contribution < 1.29 is 4.79 Å². The highest BCUT2D eigenvalue weighted by Gasteiger charge is 2.49. The van der Waals surface area contributed by atoms with Gasteiger partial charge in [-0.05, 0) is 55.5 Å². The van der Waals surface area contributed by atoms with E-state index in [0.29, 0.717) is 29.5 Å². The molecule has 1 aliphatic carbocycles. The minimum absolute atomic E-state index is 0.0225. The van der Waals surface area contributed by atoms with Gasteiger partial charge in [-0.2, -0.15) is 5.26 Å². The third-order valence-electron chi connectivity index (χ3n) is 7.84. The van der Waals surface area contributed by atoms with Crippen LogP contribution >= 0.6 is 22.9 Å². The number of nitriles is 1. The highest BCUT2D eigenvalue weighted by atomic mass is 35.5. The highest BCUT2D eigenvalue weighted by Crippen LogP contribution is 2.46. The highest BCUT2D eigenvalue weighted by molar-refractivity contribution is 7.11. The summed E-state index contributed by atoms with van der Waals surface area (Å²) >= 11 is 8.35. The number of carbonyl (C=O) groups is 1. The van der Waals surface area contributed by atoms with Crippen molar-refractivity contribution in [3.63, 3.8) is 0 Å². The van der Waals surface area contributed by atoms with E-state index in [0.717, 1.165) is 60.4 Å². The average molecular weight is 528 g/mol. The molecular weight excluding hydrogens is 502 g/mol. The number of fused-ring (bicyclic) bond motifs is 1. The van der Waals surface area contributed by atoms with Crippen LogP contribution in [0.5, 0.6) is 0 Å². The van der Waals surface area contributed by atoms with Gasteiger partial charge in [-0.15, -0.1) is 11.3 Å². The molecule has 2 aliphatic heterocycles. The van der Waals surface area contributed by atoms with Crippen molar-refractivity contribution >= 4 is 46.3 Å². The molecule has 2 aromatic heterocycles. The third kappa shape index (κ3) is 3.96. The predicted octanol–water partition coefficient (Wildman–Crippen LogP) is 5.75. The van der Waals surface area contributed by atoms with Crippen molar-refractivity contribution in [2.75, 3.05) is 31.1 Å². The number of hydrogen-bond donors (Lipinski definition) is 0. The molecule has 0 radical (unpaired) electrons. The zero-order chi connectivity index (χ0) is 25.7. The fraction of sp³-hybridized carbons (Fsp3) is 0.310. The molecule has 1 spiro atoms. The zero-order valence-electron chi connectivity index (χ0n) is 20.6. The number of thiazole rings is 1. The quantitative estimate of drug-likeness (QED) is 0.404. The van der Waals surface area contributed by atoms with Gasteiger partial charge < -0.3 is 9.80 Å². The van der Waals surface area contributed by atoms with E-state index in [1.807, 2.05) is 41.6 Å². The van der Waals surface area contributed by atoms with Crippen LogP contribution in [0, 0.1) is 23.7 Å². The molecular formula is C29H26ClN5OS. The lowest BCUT2D eigenvalue weighted by atomic mass is 9.79. The summed E-state index contributed by atoms with van der Waals surface area (Å²) in [5.41, 5.74) is 8.49. The first kappa shape index (κ1) is 23.9. The number of aryl methyl sites for hydroxylation is 1. The van der Waals surface area contributed by atoms with Crippen LogP contribution in [0.25, 0.3) is 22.8 Å². The molecule has 8 heteroatoms. The Morgan fingerprint density at radius 1 is 1.27 bits per heavy atom. The van der Waals surface area contributed by atoms with Gasteiger partial charge in [0.15, 0.2) is 0 Å². The van der Waals surface area contributed by atoms with Crippen LogP contribution in [0.3, 0.4) is 0 Å². The van der Waals surface area contributed by atoms with E-state index in [1.165, 1.54) is 16.5 Å². The summed E-state index contributed by atoms with van der Waals surface area (Å²) in [6.45, 7) is 8.64. The Kier molecular flexibility index (Phi) is 5.89. The molecule has 0 unspecified atom stereocenters. The number of nitrogens with zero attached hydrogens (tertiary/aromatic N) is 5. The number of likely N-dealkylation sites (tertiary alicyclic amines) is 1. The van der Waals surface area contributed by atoms with E-state index in [1.54, 1.807) is 11.3 Å². The fourth-order valence-electron chi connectivity index (χ4n) is 6.01. The van der Waals surface area contributed by atoms with Gasteiger partial charge in [0.05, 0.1) is 21.8 Å². The van der Waals surface area contributed by atoms with Crippen molar-refractivity contribution in [3.05, 3.63) is 74.8 Å². The Hall–Kier alpha value is -3.47. The molecule has 1 amide bonds. The van der Waals surface area contributed by atoms with Gasteiger partial charge in [0.25, 0.3) is 0 Å². The summed E-state index contributed by atoms with van der Waals surface area (Å²) in [4.78, 5) is 26.9. The van der Waals surface area contributed by atoms with Crippen molar-refractivity contribution in [1.82, 2.24) is 14.9 Å². The number of pyridine rings is 1. The first-order chi connectivity index (χ1) is 17.9. The van der Waals surface area contributed by atoms with Crippen molar-refractivity contribution in [3.8, 4) is 17.2 Å². The lowest BCUT2D eigenvalue weighted by Gasteiger charge is -2.47. The maximum Gasteiger partial charge on any atom is 0.245 e. The van der Waals surface area contributed by atoms with Crippen LogP contribution in [0.4, 0.5) is 5.82 Å². The molecule has 3 aliphatic rings. The van der Waals surface area contributed by atoms with Crippen molar-refractivity contribution in [2.24, 2.45) is 5.41 Å². The van der Waals surface area contributed by atoms with Crippen molar-refractivity contribution in [1.29, 1.82) is 5.26 Å². The van der Waals surface area contributed by atoms with Crippen LogP contribution in [0.15, 0.2) is 42.4 Å². The standard InChI is InChI=1S/C29H26ClN5OS/c1-3-25(36)35-15-29(16-35)10-11-34(14-29)28-22(13-31)26(20-6-4-5-7-23(20)30)21-9-8-19(12-24(21)33-28)27-18(2)32-17-37-27/h3-7,12,17H,1,8-11,14-16H2,2H3. The molecule has 2 saturated heterocycles. The van der Waals surface area contributed by atoms with Crippen LogP contribution in [-0.2, 0) is 11.2 Å². The van der Waals surface area contributed by atoms with Crippen molar-refractivity contribution in [2.45, 2.75) is 26.2 Å². The van der Waals surface area contributed by atoms with Gasteiger partial charge in [-0.1, -0.05) is 36.4 Å². The van der Waals surface area contributed by atoms with Gasteiger partial charge in [-0.3, -0.25) is 4.79 Å². The van der Waals surface area contributed by atoms with Gasteiger partial charge in [-0.25, -0.2) is 9.97 Å². The minimum atomic E-state index is -0.0225. The Morgan fingerprint density at radius 2 is 2.08 bits per heavy atom. The second kappa shape index (κ2) is 9.13. The van der Waals surface area contributed by atoms with Crippen LogP contribution in [0.2, 0.25) is 5.02 Å². The van der Waals surface area contributed by atoms with E-state index in [9.17, 15) is 10.1 Å². The first-order valence-corrected chi connectivity index (χ1v) is 13.7. The lowest BCUT2D eigenvalue weighted by molar-refractivity contribution is -0.136. The summed E-state index contributed by atoms with van der Waals surface area (Å²) in [5.74, 6) is 0.686. The van der Waals surface area contributed by atoms with Crippen LogP contribution in [-0.4, -0.2) is 47.0 Å². The smallest absolute Gasteiger partial charge is 0.245 e. The molecule has 3 aromatic rings. The number of amides is 1. The summed E-state index contributed by atoms with van der Waals surface area (Å²) in [5, 5.41) is 11.1. The molecule has 186 valence electrons. The molecule has 0 atom stereocenters. The molecule has 6 nitrogen and oxygen atoms in total. The Labute approximate surface area is 225 Å². The zero-order valence-corrected chi connectivity index (χ0v) is 22.2. The van der Waals surface area contributed by atoms with Crippen LogP contribution < -0.4 is 4.90 Å². The van der Waals surface area contributed by atoms with Gasteiger partial charge in [0.2, 0.25) is 5.91 Å². The van der Waals surface area contributed by atoms with Gasteiger partial charge >= 0.3 is 0 Å². The van der Waals surface area contributed by atoms with E-state index in [-0.39, 0.29) is 11.3 Å². The molecule has 2 fully saturated rings. The molecule has 37 heavy (non-hydrogen) atoms. The molecule has 0 bridgehead atoms. The largest absolute Gasteiger partial charge is 0.355 e. The number of anilines is 1. The summed E-state index contributed by atoms with van der Waals surface area (Å²) < 4.78 is 0. The summed E-state index contributed by atoms with van der Waals surface area (Å²) in [6, 6.07) is 10.2. The molecule has 4 heterocycles. The van der Waals surface area contributed by atoms with Gasteiger partial charge in [0, 0.05) is 47.7 Å². The Bertz CT molecular complexity index is 1510. The Balaban J connectivity index is 1.47. The number of rotatable bonds is 4. The van der Waals surface area contributed by atoms with E-state index >= 15 is 0 Å². The molecule has 0 N–H and O–H groups in total. The maximum atomic E-state index is 12.0. The topological polar surface area (TPSA) is 73.1 Å². The number of halogens is 1. The molecule has 1 aromatic carbocycles. The molecule has 6 rings (SSSR count).